The highest BCUT2D eigenvalue weighted by Crippen LogP contribution is 2.38. The van der Waals surface area contributed by atoms with Gasteiger partial charge in [0.1, 0.15) is 5.75 Å². The monoisotopic (exact) mass is 485 g/mol. The van der Waals surface area contributed by atoms with Crippen LogP contribution in [0.15, 0.2) is 70.8 Å². The molecule has 0 radical (unpaired) electrons. The molecular formula is C27H26F3NO4. The maximum atomic E-state index is 13.2. The lowest BCUT2D eigenvalue weighted by Crippen LogP contribution is -2.27. The van der Waals surface area contributed by atoms with Gasteiger partial charge in [0.2, 0.25) is 0 Å². The molecule has 0 fully saturated rings. The van der Waals surface area contributed by atoms with Crippen molar-refractivity contribution in [2.45, 2.75) is 45.7 Å². The van der Waals surface area contributed by atoms with E-state index in [1.54, 1.807) is 32.9 Å². The molecule has 0 aromatic heterocycles. The van der Waals surface area contributed by atoms with Crippen molar-refractivity contribution in [3.8, 4) is 5.75 Å². The van der Waals surface area contributed by atoms with E-state index in [4.69, 9.17) is 0 Å². The molecule has 0 spiro atoms. The summed E-state index contributed by atoms with van der Waals surface area (Å²) in [5.74, 6) is -1.82. The molecule has 184 valence electrons. The molecule has 5 nitrogen and oxygen atoms in total. The van der Waals surface area contributed by atoms with Gasteiger partial charge >= 0.3 is 6.18 Å². The van der Waals surface area contributed by atoms with Gasteiger partial charge < -0.3 is 10.4 Å². The fraction of sp³-hybridized carbons (Fsp3) is 0.296. The van der Waals surface area contributed by atoms with Gasteiger partial charge in [0.05, 0.1) is 11.1 Å². The average Bonchev–Trinajstić information content (AvgIpc) is 2.82. The third-order valence-electron chi connectivity index (χ3n) is 6.33. The van der Waals surface area contributed by atoms with E-state index in [-0.39, 0.29) is 40.6 Å². The van der Waals surface area contributed by atoms with Crippen molar-refractivity contribution in [2.24, 2.45) is 0 Å². The summed E-state index contributed by atoms with van der Waals surface area (Å²) in [5.41, 5.74) is 1.02. The first-order chi connectivity index (χ1) is 16.4. The van der Waals surface area contributed by atoms with E-state index in [1.807, 2.05) is 0 Å². The summed E-state index contributed by atoms with van der Waals surface area (Å²) < 4.78 is 39.2. The minimum absolute atomic E-state index is 0.120. The minimum Gasteiger partial charge on any atom is -0.507 e. The number of benzene rings is 2. The van der Waals surface area contributed by atoms with E-state index < -0.39 is 23.6 Å². The van der Waals surface area contributed by atoms with Crippen LogP contribution in [0, 0.1) is 0 Å². The number of ketones is 2. The number of hydrogen-bond donors (Lipinski definition) is 2. The number of carbonyl (C=O) groups is 3. The van der Waals surface area contributed by atoms with E-state index in [1.165, 1.54) is 24.3 Å². The highest BCUT2D eigenvalue weighted by molar-refractivity contribution is 6.25. The van der Waals surface area contributed by atoms with Crippen molar-refractivity contribution in [2.75, 3.05) is 6.54 Å². The Kier molecular flexibility index (Phi) is 7.63. The molecule has 1 unspecified atom stereocenters. The molecule has 0 heterocycles. The first-order valence-corrected chi connectivity index (χ1v) is 11.1. The summed E-state index contributed by atoms with van der Waals surface area (Å²) in [5, 5.41) is 12.5. The van der Waals surface area contributed by atoms with E-state index in [2.05, 4.69) is 5.32 Å². The molecule has 1 aliphatic carbocycles. The summed E-state index contributed by atoms with van der Waals surface area (Å²) in [4.78, 5) is 38.2. The molecular weight excluding hydrogens is 459 g/mol. The normalized spacial score (nSPS) is 15.5. The van der Waals surface area contributed by atoms with Crippen molar-refractivity contribution in [3.05, 3.63) is 87.5 Å². The highest BCUT2D eigenvalue weighted by atomic mass is 19.4. The summed E-state index contributed by atoms with van der Waals surface area (Å²) in [7, 11) is 0. The maximum Gasteiger partial charge on any atom is 0.416 e. The Bertz CT molecular complexity index is 1220. The second kappa shape index (κ2) is 10.3. The molecule has 0 aliphatic heterocycles. The second-order valence-corrected chi connectivity index (χ2v) is 8.53. The lowest BCUT2D eigenvalue weighted by Gasteiger charge is -2.26. The van der Waals surface area contributed by atoms with Crippen molar-refractivity contribution in [1.29, 1.82) is 0 Å². The summed E-state index contributed by atoms with van der Waals surface area (Å²) in [6, 6.07) is 10.7. The van der Waals surface area contributed by atoms with Crippen LogP contribution in [0.4, 0.5) is 13.2 Å². The number of phenols is 1. The Morgan fingerprint density at radius 2 is 1.51 bits per heavy atom. The lowest BCUT2D eigenvalue weighted by atomic mass is 9.76. The van der Waals surface area contributed by atoms with Crippen molar-refractivity contribution < 1.29 is 32.7 Å². The SMILES string of the molecule is CC1=C(C)C(=O)C(C(CCCNC(=O)c2ccccc2O)c2ccc(C(F)(F)F)cc2)=C(C)C1=O. The van der Waals surface area contributed by atoms with Gasteiger partial charge in [-0.15, -0.1) is 0 Å². The number of halogens is 3. The number of nitrogens with one attached hydrogen (secondary N) is 1. The third-order valence-corrected chi connectivity index (χ3v) is 6.33. The molecule has 2 aromatic rings. The molecule has 0 saturated carbocycles. The molecule has 1 amide bonds. The quantitative estimate of drug-likeness (QED) is 0.400. The van der Waals surface area contributed by atoms with Gasteiger partial charge in [-0.25, -0.2) is 0 Å². The Morgan fingerprint density at radius 3 is 2.11 bits per heavy atom. The molecule has 0 bridgehead atoms. The minimum atomic E-state index is -4.50. The number of alkyl halides is 3. The average molecular weight is 486 g/mol. The second-order valence-electron chi connectivity index (χ2n) is 8.53. The Balaban J connectivity index is 1.85. The largest absolute Gasteiger partial charge is 0.507 e. The van der Waals surface area contributed by atoms with Gasteiger partial charge in [-0.3, -0.25) is 14.4 Å². The fourth-order valence-electron chi connectivity index (χ4n) is 4.19. The predicted molar refractivity (Wildman–Crippen MR) is 125 cm³/mol. The van der Waals surface area contributed by atoms with Gasteiger partial charge in [0, 0.05) is 34.8 Å². The van der Waals surface area contributed by atoms with Crippen molar-refractivity contribution >= 4 is 17.5 Å². The molecule has 35 heavy (non-hydrogen) atoms. The number of carbonyl (C=O) groups excluding carboxylic acids is 3. The number of hydrogen-bond acceptors (Lipinski definition) is 4. The topological polar surface area (TPSA) is 83.5 Å². The van der Waals surface area contributed by atoms with Crippen LogP contribution in [0.5, 0.6) is 5.75 Å². The number of allylic oxidation sites excluding steroid dienone is 4. The van der Waals surface area contributed by atoms with Crippen LogP contribution in [-0.4, -0.2) is 29.1 Å². The van der Waals surface area contributed by atoms with Crippen molar-refractivity contribution in [3.63, 3.8) is 0 Å². The molecule has 8 heteroatoms. The zero-order valence-electron chi connectivity index (χ0n) is 19.6. The Labute approximate surface area is 201 Å². The Hall–Kier alpha value is -3.68. The van der Waals surface area contributed by atoms with Crippen LogP contribution in [0.25, 0.3) is 0 Å². The van der Waals surface area contributed by atoms with E-state index in [0.29, 0.717) is 29.6 Å². The lowest BCUT2D eigenvalue weighted by molar-refractivity contribution is -0.137. The fourth-order valence-corrected chi connectivity index (χ4v) is 4.19. The molecule has 1 aliphatic rings. The molecule has 2 N–H and O–H groups in total. The first-order valence-electron chi connectivity index (χ1n) is 11.1. The van der Waals surface area contributed by atoms with E-state index in [0.717, 1.165) is 12.1 Å². The standard InChI is InChI=1S/C27H26F3NO4/c1-15-16(2)25(34)23(17(3)24(15)33)20(18-10-12-19(13-11-18)27(28,29)30)8-6-14-31-26(35)21-7-4-5-9-22(21)32/h4-5,7,9-13,20,32H,6,8,14H2,1-3H3,(H,31,35). The smallest absolute Gasteiger partial charge is 0.416 e. The zero-order valence-corrected chi connectivity index (χ0v) is 19.6. The molecule has 1 atom stereocenters. The van der Waals surface area contributed by atoms with Crippen LogP contribution < -0.4 is 5.32 Å². The number of Topliss-reactive ketones (excluding diaryl/α,β-unsaturated/α-hetero) is 2. The maximum absolute atomic E-state index is 13.2. The first kappa shape index (κ1) is 25.9. The van der Waals surface area contributed by atoms with Gasteiger partial charge in [-0.2, -0.15) is 13.2 Å². The van der Waals surface area contributed by atoms with Crippen LogP contribution in [0.1, 0.15) is 61.0 Å². The van der Waals surface area contributed by atoms with E-state index in [9.17, 15) is 32.7 Å². The molecule has 2 aromatic carbocycles. The predicted octanol–water partition coefficient (Wildman–Crippen LogP) is 5.51. The van der Waals surface area contributed by atoms with Gasteiger partial charge in [-0.1, -0.05) is 24.3 Å². The zero-order chi connectivity index (χ0) is 25.9. The van der Waals surface area contributed by atoms with Gasteiger partial charge in [0.25, 0.3) is 5.91 Å². The Morgan fingerprint density at radius 1 is 0.914 bits per heavy atom. The highest BCUT2D eigenvalue weighted by Gasteiger charge is 2.34. The molecule has 3 rings (SSSR count). The van der Waals surface area contributed by atoms with Gasteiger partial charge in [-0.05, 0) is 63.4 Å². The number of rotatable bonds is 7. The van der Waals surface area contributed by atoms with Crippen LogP contribution in [-0.2, 0) is 15.8 Å². The summed E-state index contributed by atoms with van der Waals surface area (Å²) >= 11 is 0. The van der Waals surface area contributed by atoms with Crippen LogP contribution >= 0.6 is 0 Å². The number of aromatic hydroxyl groups is 1. The molecule has 0 saturated heterocycles. The number of amides is 1. The number of para-hydroxylation sites is 1. The van der Waals surface area contributed by atoms with Crippen LogP contribution in [0.3, 0.4) is 0 Å². The number of phenolic OH excluding ortho intramolecular Hbond substituents is 1. The van der Waals surface area contributed by atoms with Crippen molar-refractivity contribution in [1.82, 2.24) is 5.32 Å². The summed E-state index contributed by atoms with van der Waals surface area (Å²) in [6.45, 7) is 4.91. The third kappa shape index (κ3) is 5.53. The summed E-state index contributed by atoms with van der Waals surface area (Å²) in [6.07, 6.45) is -3.81. The van der Waals surface area contributed by atoms with Crippen LogP contribution in [0.2, 0.25) is 0 Å². The van der Waals surface area contributed by atoms with E-state index >= 15 is 0 Å². The van der Waals surface area contributed by atoms with Gasteiger partial charge in [0.15, 0.2) is 11.6 Å².